The zero-order valence-corrected chi connectivity index (χ0v) is 13.9. The molecule has 7 heteroatoms. The first-order chi connectivity index (χ1) is 11.8. The lowest BCUT2D eigenvalue weighted by Gasteiger charge is -2.24. The highest BCUT2D eigenvalue weighted by molar-refractivity contribution is 8.00. The van der Waals surface area contributed by atoms with E-state index in [0.717, 1.165) is 11.1 Å². The minimum atomic E-state index is -0.0823. The van der Waals surface area contributed by atoms with Gasteiger partial charge in [-0.05, 0) is 29.3 Å². The Morgan fingerprint density at radius 3 is 3.12 bits per heavy atom. The maximum Gasteiger partial charge on any atom is 0.234 e. The number of aromatic nitrogens is 1. The molecule has 3 heterocycles. The third-order valence-electron chi connectivity index (χ3n) is 4.01. The van der Waals surface area contributed by atoms with Gasteiger partial charge in [0.25, 0.3) is 0 Å². The number of benzene rings is 1. The molecule has 1 amide bonds. The summed E-state index contributed by atoms with van der Waals surface area (Å²) in [5.74, 6) is 2.48. The molecule has 1 fully saturated rings. The van der Waals surface area contributed by atoms with Gasteiger partial charge in [0.2, 0.25) is 18.4 Å². The highest BCUT2D eigenvalue weighted by atomic mass is 32.2. The summed E-state index contributed by atoms with van der Waals surface area (Å²) in [5, 5.41) is -0.0823. The van der Waals surface area contributed by atoms with Crippen molar-refractivity contribution in [3.63, 3.8) is 0 Å². The van der Waals surface area contributed by atoms with Gasteiger partial charge in [0.1, 0.15) is 5.37 Å². The van der Waals surface area contributed by atoms with Crippen LogP contribution < -0.4 is 14.2 Å². The minimum absolute atomic E-state index is 0.0823. The number of thioether (sulfide) groups is 1. The second kappa shape index (κ2) is 6.24. The van der Waals surface area contributed by atoms with E-state index < -0.39 is 0 Å². The number of pyridine rings is 1. The van der Waals surface area contributed by atoms with Crippen molar-refractivity contribution >= 4 is 17.7 Å². The van der Waals surface area contributed by atoms with Crippen LogP contribution in [0.3, 0.4) is 0 Å². The monoisotopic (exact) mass is 344 g/mol. The van der Waals surface area contributed by atoms with E-state index in [0.29, 0.717) is 29.5 Å². The Balaban J connectivity index is 1.66. The molecule has 24 heavy (non-hydrogen) atoms. The molecule has 1 atom stereocenters. The predicted molar refractivity (Wildman–Crippen MR) is 89.1 cm³/mol. The molecule has 0 aliphatic carbocycles. The Kier molecular flexibility index (Phi) is 3.93. The van der Waals surface area contributed by atoms with Crippen molar-refractivity contribution in [2.24, 2.45) is 0 Å². The maximum atomic E-state index is 12.3. The van der Waals surface area contributed by atoms with Crippen LogP contribution >= 0.6 is 11.8 Å². The zero-order valence-electron chi connectivity index (χ0n) is 13.1. The van der Waals surface area contributed by atoms with Crippen LogP contribution in [0.15, 0.2) is 36.7 Å². The van der Waals surface area contributed by atoms with Gasteiger partial charge in [0, 0.05) is 18.9 Å². The van der Waals surface area contributed by atoms with E-state index in [1.54, 1.807) is 31.3 Å². The fraction of sp³-hybridized carbons (Fsp3) is 0.294. The number of carbonyl (C=O) groups excluding carboxylic acids is 1. The number of nitrogens with zero attached hydrogens (tertiary/aromatic N) is 2. The van der Waals surface area contributed by atoms with Gasteiger partial charge in [-0.1, -0.05) is 6.07 Å². The highest BCUT2D eigenvalue weighted by Gasteiger charge is 2.34. The van der Waals surface area contributed by atoms with Crippen molar-refractivity contribution in [2.45, 2.75) is 11.9 Å². The standard InChI is InChI=1S/C17H16N2O4S/c1-21-13-5-12(6-14-16(13)23-10-22-14)17-19(15(20)9-24-17)8-11-3-2-4-18-7-11/h2-7,17H,8-10H2,1H3. The zero-order chi connectivity index (χ0) is 16.5. The Labute approximate surface area is 143 Å². The Hall–Kier alpha value is -2.41. The number of rotatable bonds is 4. The van der Waals surface area contributed by atoms with Crippen LogP contribution in [0.5, 0.6) is 17.2 Å². The molecule has 0 spiro atoms. The van der Waals surface area contributed by atoms with Gasteiger partial charge in [0.15, 0.2) is 11.5 Å². The van der Waals surface area contributed by atoms with Crippen LogP contribution in [-0.4, -0.2) is 35.4 Å². The van der Waals surface area contributed by atoms with Crippen LogP contribution in [0.4, 0.5) is 0 Å². The lowest BCUT2D eigenvalue weighted by Crippen LogP contribution is -2.27. The normalized spacial score (nSPS) is 19.0. The molecule has 4 rings (SSSR count). The number of methoxy groups -OCH3 is 1. The van der Waals surface area contributed by atoms with Gasteiger partial charge in [0.05, 0.1) is 12.9 Å². The van der Waals surface area contributed by atoms with Crippen LogP contribution in [0, 0.1) is 0 Å². The summed E-state index contributed by atoms with van der Waals surface area (Å²) in [6.45, 7) is 0.715. The summed E-state index contributed by atoms with van der Waals surface area (Å²) < 4.78 is 16.3. The molecule has 0 radical (unpaired) electrons. The Morgan fingerprint density at radius 2 is 2.33 bits per heavy atom. The van der Waals surface area contributed by atoms with Crippen molar-refractivity contribution in [2.75, 3.05) is 19.7 Å². The summed E-state index contributed by atoms with van der Waals surface area (Å²) in [5.41, 5.74) is 1.97. The van der Waals surface area contributed by atoms with Gasteiger partial charge in [-0.2, -0.15) is 0 Å². The molecule has 124 valence electrons. The van der Waals surface area contributed by atoms with E-state index >= 15 is 0 Å². The van der Waals surface area contributed by atoms with E-state index in [2.05, 4.69) is 4.98 Å². The summed E-state index contributed by atoms with van der Waals surface area (Å²) in [4.78, 5) is 18.3. The van der Waals surface area contributed by atoms with Crippen molar-refractivity contribution < 1.29 is 19.0 Å². The van der Waals surface area contributed by atoms with E-state index in [9.17, 15) is 4.79 Å². The van der Waals surface area contributed by atoms with E-state index in [1.807, 2.05) is 29.2 Å². The quantitative estimate of drug-likeness (QED) is 0.850. The molecule has 0 saturated carbocycles. The van der Waals surface area contributed by atoms with Crippen LogP contribution in [0.25, 0.3) is 0 Å². The van der Waals surface area contributed by atoms with E-state index in [1.165, 1.54) is 0 Å². The van der Waals surface area contributed by atoms with Gasteiger partial charge < -0.3 is 19.1 Å². The minimum Gasteiger partial charge on any atom is -0.493 e. The SMILES string of the molecule is COc1cc(C2SCC(=O)N2Cc2cccnc2)cc2c1OCO2. The molecule has 1 saturated heterocycles. The molecule has 0 N–H and O–H groups in total. The number of ether oxygens (including phenoxy) is 3. The second-order valence-corrected chi connectivity index (χ2v) is 6.57. The average Bonchev–Trinajstić information content (AvgIpc) is 3.22. The summed E-state index contributed by atoms with van der Waals surface area (Å²) in [6, 6.07) is 7.69. The third kappa shape index (κ3) is 2.65. The summed E-state index contributed by atoms with van der Waals surface area (Å²) in [7, 11) is 1.60. The van der Waals surface area contributed by atoms with E-state index in [-0.39, 0.29) is 18.1 Å². The molecule has 1 aromatic carbocycles. The van der Waals surface area contributed by atoms with Crippen molar-refractivity contribution in [1.29, 1.82) is 0 Å². The number of fused-ring (bicyclic) bond motifs is 1. The fourth-order valence-electron chi connectivity index (χ4n) is 2.88. The first-order valence-corrected chi connectivity index (χ1v) is 8.58. The van der Waals surface area contributed by atoms with Crippen LogP contribution in [-0.2, 0) is 11.3 Å². The van der Waals surface area contributed by atoms with Crippen molar-refractivity contribution in [3.05, 3.63) is 47.8 Å². The van der Waals surface area contributed by atoms with Crippen LogP contribution in [0.2, 0.25) is 0 Å². The number of hydrogen-bond acceptors (Lipinski definition) is 6. The molecule has 2 aliphatic heterocycles. The van der Waals surface area contributed by atoms with Gasteiger partial charge in [-0.25, -0.2) is 0 Å². The molecule has 1 unspecified atom stereocenters. The maximum absolute atomic E-state index is 12.3. The van der Waals surface area contributed by atoms with Gasteiger partial charge in [-0.3, -0.25) is 9.78 Å². The molecule has 0 bridgehead atoms. The predicted octanol–water partition coefficient (Wildman–Crippen LogP) is 2.59. The largest absolute Gasteiger partial charge is 0.493 e. The average molecular weight is 344 g/mol. The molecule has 2 aromatic rings. The first-order valence-electron chi connectivity index (χ1n) is 7.54. The van der Waals surface area contributed by atoms with E-state index in [4.69, 9.17) is 14.2 Å². The third-order valence-corrected chi connectivity index (χ3v) is 5.27. The molecule has 2 aliphatic rings. The number of amides is 1. The smallest absolute Gasteiger partial charge is 0.234 e. The highest BCUT2D eigenvalue weighted by Crippen LogP contribution is 2.47. The van der Waals surface area contributed by atoms with Crippen LogP contribution in [0.1, 0.15) is 16.5 Å². The first kappa shape index (κ1) is 15.1. The molecular formula is C17H16N2O4S. The summed E-state index contributed by atoms with van der Waals surface area (Å²) >= 11 is 1.60. The lowest BCUT2D eigenvalue weighted by molar-refractivity contribution is -0.128. The molecular weight excluding hydrogens is 328 g/mol. The number of carbonyl (C=O) groups is 1. The second-order valence-electron chi connectivity index (χ2n) is 5.50. The molecule has 1 aromatic heterocycles. The summed E-state index contributed by atoms with van der Waals surface area (Å²) in [6.07, 6.45) is 3.51. The molecule has 6 nitrogen and oxygen atoms in total. The van der Waals surface area contributed by atoms with Gasteiger partial charge in [-0.15, -0.1) is 11.8 Å². The van der Waals surface area contributed by atoms with Gasteiger partial charge >= 0.3 is 0 Å². The number of hydrogen-bond donors (Lipinski definition) is 0. The fourth-order valence-corrected chi connectivity index (χ4v) is 4.05. The van der Waals surface area contributed by atoms with Crippen molar-refractivity contribution in [3.8, 4) is 17.2 Å². The lowest BCUT2D eigenvalue weighted by atomic mass is 10.1. The topological polar surface area (TPSA) is 60.9 Å². The Bertz CT molecular complexity index is 769. The Morgan fingerprint density at radius 1 is 1.42 bits per heavy atom. The van der Waals surface area contributed by atoms with Crippen molar-refractivity contribution in [1.82, 2.24) is 9.88 Å².